The largest absolute Gasteiger partial charge is 1.00 e. The molecule has 0 saturated carbocycles. The van der Waals surface area contributed by atoms with Crippen molar-refractivity contribution in [1.29, 1.82) is 0 Å². The third kappa shape index (κ3) is 5.80. The van der Waals surface area contributed by atoms with Crippen LogP contribution in [0.4, 0.5) is 0 Å². The topological polar surface area (TPSA) is 17.1 Å². The van der Waals surface area contributed by atoms with E-state index in [4.69, 9.17) is 0 Å². The predicted octanol–water partition coefficient (Wildman–Crippen LogP) is -1.06. The van der Waals surface area contributed by atoms with Crippen LogP contribution in [0.1, 0.15) is 27.2 Å². The normalized spacial score (nSPS) is 10.5. The van der Waals surface area contributed by atoms with E-state index in [0.717, 1.165) is 5.57 Å². The molecule has 0 atom stereocenters. The van der Waals surface area contributed by atoms with Gasteiger partial charge in [-0.2, -0.15) is 18.9 Å². The van der Waals surface area contributed by atoms with E-state index in [-0.39, 0.29) is 57.2 Å². The number of Topliss-reactive ketones (excluding diaryl/α,β-unsaturated/α-hetero) is 1. The summed E-state index contributed by atoms with van der Waals surface area (Å²) < 4.78 is 0. The molecule has 0 bridgehead atoms. The Morgan fingerprint density at radius 2 is 2.10 bits per heavy atom. The van der Waals surface area contributed by atoms with Crippen LogP contribution in [0.25, 0.3) is 0 Å². The number of carbonyl (C=O) groups excluding carboxylic acids is 1. The molecule has 0 amide bonds. The van der Waals surface area contributed by atoms with Crippen LogP contribution in [-0.4, -0.2) is 5.78 Å². The van der Waals surface area contributed by atoms with E-state index < -0.39 is 0 Å². The van der Waals surface area contributed by atoms with Gasteiger partial charge in [0.25, 0.3) is 0 Å². The molecule has 0 saturated heterocycles. The van der Waals surface area contributed by atoms with Crippen LogP contribution in [0.5, 0.6) is 0 Å². The van der Waals surface area contributed by atoms with E-state index in [2.05, 4.69) is 6.08 Å². The third-order valence-corrected chi connectivity index (χ3v) is 1.18. The fourth-order valence-corrected chi connectivity index (χ4v) is 0.478. The molecule has 0 aliphatic rings. The summed E-state index contributed by atoms with van der Waals surface area (Å²) in [5.74, 6) is 0.167. The second-order valence-corrected chi connectivity index (χ2v) is 1.91. The minimum absolute atomic E-state index is 0. The average molecular weight is 163 g/mol. The molecule has 1 nitrogen and oxygen atoms in total. The number of hydrogen-bond donors (Lipinski definition) is 0. The summed E-state index contributed by atoms with van der Waals surface area (Å²) in [7, 11) is 0. The summed E-state index contributed by atoms with van der Waals surface area (Å²) in [5, 5.41) is 0. The molecular formula is C8H12KO-. The Bertz CT molecular complexity index is 127. The van der Waals surface area contributed by atoms with Gasteiger partial charge in [0.05, 0.1) is 0 Å². The van der Waals surface area contributed by atoms with Crippen LogP contribution in [0, 0.1) is 12.5 Å². The minimum atomic E-state index is 0. The van der Waals surface area contributed by atoms with Crippen molar-refractivity contribution in [3.8, 4) is 0 Å². The second-order valence-electron chi connectivity index (χ2n) is 1.91. The quantitative estimate of drug-likeness (QED) is 0.294. The maximum absolute atomic E-state index is 10.8. The third-order valence-electron chi connectivity index (χ3n) is 1.18. The number of allylic oxidation sites excluding steroid dienone is 2. The maximum atomic E-state index is 10.8. The van der Waals surface area contributed by atoms with Crippen LogP contribution in [-0.2, 0) is 4.79 Å². The van der Waals surface area contributed by atoms with Crippen LogP contribution < -0.4 is 51.4 Å². The zero-order valence-corrected chi connectivity index (χ0v) is 10.3. The van der Waals surface area contributed by atoms with Gasteiger partial charge < -0.3 is 11.2 Å². The minimum Gasteiger partial charge on any atom is -0.409 e. The van der Waals surface area contributed by atoms with Crippen molar-refractivity contribution in [2.24, 2.45) is 0 Å². The molecule has 0 aromatic carbocycles. The van der Waals surface area contributed by atoms with E-state index in [9.17, 15) is 4.79 Å². The molecule has 0 aromatic heterocycles. The summed E-state index contributed by atoms with van der Waals surface area (Å²) in [4.78, 5) is 10.8. The van der Waals surface area contributed by atoms with Gasteiger partial charge in [-0.3, -0.25) is 6.08 Å². The van der Waals surface area contributed by atoms with Gasteiger partial charge in [0.1, 0.15) is 0 Å². The molecule has 10 heavy (non-hydrogen) atoms. The van der Waals surface area contributed by atoms with E-state index in [1.165, 1.54) is 0 Å². The summed E-state index contributed by atoms with van der Waals surface area (Å²) in [6, 6.07) is 0. The predicted molar refractivity (Wildman–Crippen MR) is 37.7 cm³/mol. The molecule has 0 N–H and O–H groups in total. The van der Waals surface area contributed by atoms with E-state index in [1.807, 2.05) is 13.3 Å². The first-order valence-corrected chi connectivity index (χ1v) is 3.04. The molecule has 52 valence electrons. The van der Waals surface area contributed by atoms with Crippen molar-refractivity contribution < 1.29 is 56.2 Å². The van der Waals surface area contributed by atoms with Crippen LogP contribution in [0.15, 0.2) is 5.57 Å². The molecule has 2 heteroatoms. The Balaban J connectivity index is 0. The molecule has 0 unspecified atom stereocenters. The molecule has 0 radical (unpaired) electrons. The fourth-order valence-electron chi connectivity index (χ4n) is 0.478. The van der Waals surface area contributed by atoms with Crippen molar-refractivity contribution in [3.63, 3.8) is 0 Å². The van der Waals surface area contributed by atoms with Crippen molar-refractivity contribution in [2.45, 2.75) is 27.2 Å². The molecule has 0 spiro atoms. The maximum Gasteiger partial charge on any atom is 1.00 e. The second kappa shape index (κ2) is 8.15. The molecule has 0 fully saturated rings. The van der Waals surface area contributed by atoms with Crippen molar-refractivity contribution in [2.75, 3.05) is 0 Å². The van der Waals surface area contributed by atoms with Crippen molar-refractivity contribution in [1.82, 2.24) is 0 Å². The first kappa shape index (κ1) is 13.6. The molecule has 0 aliphatic heterocycles. The zero-order valence-electron chi connectivity index (χ0n) is 7.19. The van der Waals surface area contributed by atoms with E-state index >= 15 is 0 Å². The van der Waals surface area contributed by atoms with E-state index in [1.54, 1.807) is 13.8 Å². The summed E-state index contributed by atoms with van der Waals surface area (Å²) in [6.07, 6.45) is 5.18. The SMILES string of the molecule is C[C-]=C(C)C(=O)C[CH-]C.[K+]. The van der Waals surface area contributed by atoms with Crippen molar-refractivity contribution >= 4 is 5.78 Å². The first-order chi connectivity index (χ1) is 4.22. The van der Waals surface area contributed by atoms with Crippen LogP contribution in [0.2, 0.25) is 0 Å². The average Bonchev–Trinajstić information content (AvgIpc) is 1.87. The van der Waals surface area contributed by atoms with Gasteiger partial charge in [-0.05, 0) is 5.78 Å². The van der Waals surface area contributed by atoms with Gasteiger partial charge in [0, 0.05) is 0 Å². The van der Waals surface area contributed by atoms with Gasteiger partial charge in [-0.15, -0.1) is 6.92 Å². The fraction of sp³-hybridized carbons (Fsp3) is 0.500. The standard InChI is InChI=1S/C8H12O.K/c1-4-6-8(9)7(3)5-2;/h4H,6H2,1-3H3;/q-2;+1. The van der Waals surface area contributed by atoms with Crippen LogP contribution in [0.3, 0.4) is 0 Å². The zero-order chi connectivity index (χ0) is 7.28. The first-order valence-electron chi connectivity index (χ1n) is 3.04. The number of hydrogen-bond acceptors (Lipinski definition) is 1. The van der Waals surface area contributed by atoms with Gasteiger partial charge >= 0.3 is 51.4 Å². The summed E-state index contributed by atoms with van der Waals surface area (Å²) in [6.45, 7) is 5.41. The monoisotopic (exact) mass is 163 g/mol. The van der Waals surface area contributed by atoms with E-state index in [0.29, 0.717) is 6.42 Å². The van der Waals surface area contributed by atoms with Gasteiger partial charge in [-0.1, -0.05) is 6.92 Å². The molecule has 0 aliphatic carbocycles. The Morgan fingerprint density at radius 3 is 2.40 bits per heavy atom. The number of ketones is 1. The number of rotatable bonds is 3. The van der Waals surface area contributed by atoms with Crippen molar-refractivity contribution in [3.05, 3.63) is 18.1 Å². The summed E-state index contributed by atoms with van der Waals surface area (Å²) >= 11 is 0. The Morgan fingerprint density at radius 1 is 1.60 bits per heavy atom. The Labute approximate surface area is 106 Å². The Kier molecular flexibility index (Phi) is 11.1. The van der Waals surface area contributed by atoms with Gasteiger partial charge in [0.2, 0.25) is 0 Å². The Hall–Kier alpha value is 1.05. The molecule has 0 heterocycles. The molecular weight excluding hydrogens is 151 g/mol. The van der Waals surface area contributed by atoms with Gasteiger partial charge in [0.15, 0.2) is 0 Å². The molecule has 0 aromatic rings. The summed E-state index contributed by atoms with van der Waals surface area (Å²) in [5.41, 5.74) is 0.730. The molecule has 0 rings (SSSR count). The van der Waals surface area contributed by atoms with Crippen LogP contribution >= 0.6 is 0 Å². The number of carbonyl (C=O) groups is 1. The van der Waals surface area contributed by atoms with Gasteiger partial charge in [-0.25, -0.2) is 0 Å². The smallest absolute Gasteiger partial charge is 0.409 e.